The summed E-state index contributed by atoms with van der Waals surface area (Å²) in [5.41, 5.74) is 0.0182. The molecule has 0 aliphatic rings. The van der Waals surface area contributed by atoms with E-state index in [1.54, 1.807) is 24.3 Å². The van der Waals surface area contributed by atoms with Gasteiger partial charge in [-0.15, -0.1) is 5.10 Å². The minimum atomic E-state index is -3.48. The zero-order valence-electron chi connectivity index (χ0n) is 12.8. The van der Waals surface area contributed by atoms with Crippen LogP contribution >= 0.6 is 0 Å². The number of ether oxygens (including phenoxy) is 2. The van der Waals surface area contributed by atoms with Gasteiger partial charge in [0.1, 0.15) is 11.9 Å². The first-order valence-corrected chi connectivity index (χ1v) is 6.74. The van der Waals surface area contributed by atoms with Crippen LogP contribution in [0.1, 0.15) is 12.5 Å². The minimum absolute atomic E-state index is 0.103. The Morgan fingerprint density at radius 2 is 2.00 bits per heavy atom. The fourth-order valence-corrected chi connectivity index (χ4v) is 1.82. The lowest BCUT2D eigenvalue weighted by atomic mass is 10.2. The summed E-state index contributed by atoms with van der Waals surface area (Å²) in [4.78, 5) is 10.1. The molecule has 2 aromatic rings. The third-order valence-electron chi connectivity index (χ3n) is 3.10. The number of nitrogens with zero attached hydrogens (tertiary/aromatic N) is 3. The quantitative estimate of drug-likeness (QED) is 0.569. The lowest BCUT2D eigenvalue weighted by molar-refractivity contribution is -0.386. The molecule has 7 nitrogen and oxygen atoms in total. The number of hydrogen-bond acceptors (Lipinski definition) is 5. The predicted molar refractivity (Wildman–Crippen MR) is 77.1 cm³/mol. The van der Waals surface area contributed by atoms with Crippen molar-refractivity contribution in [1.29, 1.82) is 0 Å². The molecule has 0 saturated carbocycles. The van der Waals surface area contributed by atoms with Gasteiger partial charge < -0.3 is 9.47 Å². The van der Waals surface area contributed by atoms with E-state index in [1.165, 1.54) is 7.11 Å². The zero-order chi connectivity index (χ0) is 17.9. The minimum Gasteiger partial charge on any atom is -0.497 e. The Bertz CT molecular complexity index is 717. The maximum atomic E-state index is 13.6. The van der Waals surface area contributed by atoms with Crippen molar-refractivity contribution in [2.45, 2.75) is 25.7 Å². The Balaban J connectivity index is 2.25. The van der Waals surface area contributed by atoms with Crippen molar-refractivity contribution in [2.75, 3.05) is 7.11 Å². The Hall–Kier alpha value is -2.78. The molecule has 0 N–H and O–H groups in total. The smallest absolute Gasteiger partial charge is 0.350 e. The summed E-state index contributed by atoms with van der Waals surface area (Å²) >= 11 is 0. The SMILES string of the molecule is COc1ccc(Cn2cc([N+](=O)[O-])c(OC(C)(F)C(F)F)n2)cc1. The molecule has 24 heavy (non-hydrogen) atoms. The number of nitro groups is 1. The number of halogens is 3. The van der Waals surface area contributed by atoms with Crippen LogP contribution in [0.5, 0.6) is 11.6 Å². The summed E-state index contributed by atoms with van der Waals surface area (Å²) in [6, 6.07) is 6.76. The zero-order valence-corrected chi connectivity index (χ0v) is 12.8. The van der Waals surface area contributed by atoms with Crippen molar-refractivity contribution >= 4 is 5.69 Å². The monoisotopic (exact) mass is 345 g/mol. The first-order chi connectivity index (χ1) is 11.2. The molecule has 2 rings (SSSR count). The average Bonchev–Trinajstić information content (AvgIpc) is 2.90. The molecule has 0 saturated heterocycles. The third-order valence-corrected chi connectivity index (χ3v) is 3.10. The van der Waals surface area contributed by atoms with E-state index >= 15 is 0 Å². The lowest BCUT2D eigenvalue weighted by Crippen LogP contribution is -2.35. The van der Waals surface area contributed by atoms with Crippen LogP contribution in [0.15, 0.2) is 30.5 Å². The van der Waals surface area contributed by atoms with E-state index in [-0.39, 0.29) is 6.54 Å². The Morgan fingerprint density at radius 3 is 2.50 bits per heavy atom. The fourth-order valence-electron chi connectivity index (χ4n) is 1.82. The van der Waals surface area contributed by atoms with E-state index in [1.807, 2.05) is 0 Å². The molecule has 1 unspecified atom stereocenters. The van der Waals surface area contributed by atoms with Crippen LogP contribution in [0.2, 0.25) is 0 Å². The summed E-state index contributed by atoms with van der Waals surface area (Å²) in [5, 5.41) is 14.7. The van der Waals surface area contributed by atoms with E-state index < -0.39 is 28.8 Å². The second kappa shape index (κ2) is 6.77. The van der Waals surface area contributed by atoms with Gasteiger partial charge in [0.05, 0.1) is 18.6 Å². The van der Waals surface area contributed by atoms with Crippen molar-refractivity contribution in [3.05, 3.63) is 46.1 Å². The number of aromatic nitrogens is 2. The van der Waals surface area contributed by atoms with Gasteiger partial charge in [0, 0.05) is 6.92 Å². The number of benzene rings is 1. The van der Waals surface area contributed by atoms with Crippen molar-refractivity contribution in [2.24, 2.45) is 0 Å². The third kappa shape index (κ3) is 3.94. The van der Waals surface area contributed by atoms with Gasteiger partial charge in [-0.05, 0) is 17.7 Å². The van der Waals surface area contributed by atoms with E-state index in [9.17, 15) is 23.3 Å². The molecule has 0 bridgehead atoms. The Kier molecular flexibility index (Phi) is 4.96. The molecule has 0 aliphatic carbocycles. The molecule has 0 amide bonds. The molecule has 1 atom stereocenters. The van der Waals surface area contributed by atoms with Gasteiger partial charge in [-0.2, -0.15) is 4.39 Å². The van der Waals surface area contributed by atoms with Crippen molar-refractivity contribution < 1.29 is 27.6 Å². The van der Waals surface area contributed by atoms with Crippen LogP contribution < -0.4 is 9.47 Å². The maximum Gasteiger partial charge on any atom is 0.350 e. The molecular formula is C14H14F3N3O4. The van der Waals surface area contributed by atoms with E-state index in [4.69, 9.17) is 4.74 Å². The molecule has 1 aromatic heterocycles. The highest BCUT2D eigenvalue weighted by Crippen LogP contribution is 2.31. The van der Waals surface area contributed by atoms with Gasteiger partial charge in [-0.1, -0.05) is 12.1 Å². The first-order valence-electron chi connectivity index (χ1n) is 6.74. The summed E-state index contributed by atoms with van der Waals surface area (Å²) in [6.45, 7) is 0.579. The van der Waals surface area contributed by atoms with E-state index in [2.05, 4.69) is 9.84 Å². The molecule has 1 aromatic carbocycles. The molecule has 0 fully saturated rings. The lowest BCUT2D eigenvalue weighted by Gasteiger charge is -2.18. The predicted octanol–water partition coefficient (Wildman–Crippen LogP) is 3.18. The molecule has 0 radical (unpaired) electrons. The summed E-state index contributed by atoms with van der Waals surface area (Å²) < 4.78 is 49.2. The van der Waals surface area contributed by atoms with Gasteiger partial charge in [-0.25, -0.2) is 8.78 Å². The molecule has 10 heteroatoms. The number of rotatable bonds is 7. The normalized spacial score (nSPS) is 13.6. The molecule has 0 spiro atoms. The standard InChI is InChI=1S/C14H14F3N3O4/c1-14(17,13(15)16)24-12-11(20(21)22)8-19(18-12)7-9-3-5-10(23-2)6-4-9/h3-6,8,13H,7H2,1-2H3. The summed E-state index contributed by atoms with van der Waals surface area (Å²) in [7, 11) is 1.51. The Labute approximate surface area is 134 Å². The van der Waals surface area contributed by atoms with E-state index in [0.717, 1.165) is 16.4 Å². The first kappa shape index (κ1) is 17.6. The van der Waals surface area contributed by atoms with Crippen LogP contribution in [-0.2, 0) is 6.54 Å². The average molecular weight is 345 g/mol. The number of methoxy groups -OCH3 is 1. The summed E-state index contributed by atoms with van der Waals surface area (Å²) in [5.74, 6) is -3.57. The topological polar surface area (TPSA) is 79.4 Å². The van der Waals surface area contributed by atoms with Gasteiger partial charge in [0.25, 0.3) is 0 Å². The number of alkyl halides is 3. The van der Waals surface area contributed by atoms with Gasteiger partial charge in [0.2, 0.25) is 0 Å². The van der Waals surface area contributed by atoms with Crippen molar-refractivity contribution in [1.82, 2.24) is 9.78 Å². The van der Waals surface area contributed by atoms with Crippen LogP contribution in [0.3, 0.4) is 0 Å². The molecular weight excluding hydrogens is 331 g/mol. The van der Waals surface area contributed by atoms with E-state index in [0.29, 0.717) is 12.7 Å². The van der Waals surface area contributed by atoms with Crippen LogP contribution in [-0.4, -0.2) is 34.1 Å². The molecule has 1 heterocycles. The van der Waals surface area contributed by atoms with Gasteiger partial charge >= 0.3 is 23.8 Å². The van der Waals surface area contributed by atoms with Crippen LogP contribution in [0.25, 0.3) is 0 Å². The maximum absolute atomic E-state index is 13.6. The molecule has 0 aliphatic heterocycles. The van der Waals surface area contributed by atoms with Crippen molar-refractivity contribution in [3.63, 3.8) is 0 Å². The number of hydrogen-bond donors (Lipinski definition) is 0. The highest BCUT2D eigenvalue weighted by molar-refractivity contribution is 5.39. The highest BCUT2D eigenvalue weighted by atomic mass is 19.3. The van der Waals surface area contributed by atoms with Gasteiger partial charge in [-0.3, -0.25) is 14.8 Å². The fraction of sp³-hybridized carbons (Fsp3) is 0.357. The Morgan fingerprint density at radius 1 is 1.38 bits per heavy atom. The highest BCUT2D eigenvalue weighted by Gasteiger charge is 2.40. The molecule has 130 valence electrons. The van der Waals surface area contributed by atoms with Crippen LogP contribution in [0.4, 0.5) is 18.9 Å². The van der Waals surface area contributed by atoms with Gasteiger partial charge in [0.15, 0.2) is 0 Å². The second-order valence-electron chi connectivity index (χ2n) is 5.01. The van der Waals surface area contributed by atoms with Crippen molar-refractivity contribution in [3.8, 4) is 11.6 Å². The largest absolute Gasteiger partial charge is 0.497 e. The second-order valence-corrected chi connectivity index (χ2v) is 5.01. The van der Waals surface area contributed by atoms with Crippen LogP contribution in [0, 0.1) is 10.1 Å². The summed E-state index contributed by atoms with van der Waals surface area (Å²) in [6.07, 6.45) is -2.50.